The zero-order valence-corrected chi connectivity index (χ0v) is 14.5. The van der Waals surface area contributed by atoms with Crippen LogP contribution in [0.1, 0.15) is 42.6 Å². The number of amides is 1. The smallest absolute Gasteiger partial charge is 0.275 e. The van der Waals surface area contributed by atoms with Crippen LogP contribution in [0, 0.1) is 0 Å². The Kier molecular flexibility index (Phi) is 5.40. The molecule has 0 bridgehead atoms. The average molecular weight is 360 g/mol. The number of nitrogens with zero attached hydrogens (tertiary/aromatic N) is 2. The van der Waals surface area contributed by atoms with Gasteiger partial charge in [-0.1, -0.05) is 19.3 Å². The maximum absolute atomic E-state index is 12.4. The van der Waals surface area contributed by atoms with Crippen molar-refractivity contribution in [1.29, 1.82) is 0 Å². The molecule has 7 nitrogen and oxygen atoms in total. The number of carbonyl (C=O) groups is 1. The highest BCUT2D eigenvalue weighted by molar-refractivity contribution is 7.89. The summed E-state index contributed by atoms with van der Waals surface area (Å²) in [5, 5.41) is 2.66. The summed E-state index contributed by atoms with van der Waals surface area (Å²) in [5.74, 6) is -0.399. The van der Waals surface area contributed by atoms with E-state index in [2.05, 4.69) is 20.0 Å². The normalized spacial score (nSPS) is 15.7. The van der Waals surface area contributed by atoms with E-state index in [0.29, 0.717) is 5.69 Å². The van der Waals surface area contributed by atoms with Crippen LogP contribution in [-0.4, -0.2) is 30.3 Å². The van der Waals surface area contributed by atoms with Gasteiger partial charge in [-0.3, -0.25) is 9.78 Å². The second-order valence-corrected chi connectivity index (χ2v) is 7.74. The molecule has 1 aromatic carbocycles. The molecule has 3 rings (SSSR count). The summed E-state index contributed by atoms with van der Waals surface area (Å²) >= 11 is 0. The molecule has 0 aliphatic heterocycles. The number of aromatic nitrogens is 2. The van der Waals surface area contributed by atoms with Gasteiger partial charge in [-0.05, 0) is 37.1 Å². The van der Waals surface area contributed by atoms with E-state index in [9.17, 15) is 13.2 Å². The van der Waals surface area contributed by atoms with Crippen molar-refractivity contribution in [2.75, 3.05) is 5.32 Å². The Morgan fingerprint density at radius 1 is 1.04 bits per heavy atom. The molecule has 0 atom stereocenters. The van der Waals surface area contributed by atoms with E-state index in [1.165, 1.54) is 37.1 Å². The van der Waals surface area contributed by atoms with E-state index in [0.717, 1.165) is 25.7 Å². The Balaban J connectivity index is 1.66. The van der Waals surface area contributed by atoms with Crippen molar-refractivity contribution in [2.24, 2.45) is 0 Å². The summed E-state index contributed by atoms with van der Waals surface area (Å²) in [6.07, 6.45) is 9.32. The minimum absolute atomic E-state index is 0.00906. The van der Waals surface area contributed by atoms with Gasteiger partial charge in [-0.2, -0.15) is 0 Å². The van der Waals surface area contributed by atoms with E-state index in [-0.39, 0.29) is 16.6 Å². The van der Waals surface area contributed by atoms with Crippen LogP contribution >= 0.6 is 0 Å². The van der Waals surface area contributed by atoms with Crippen molar-refractivity contribution in [3.05, 3.63) is 48.5 Å². The topological polar surface area (TPSA) is 101 Å². The van der Waals surface area contributed by atoms with Gasteiger partial charge in [0.1, 0.15) is 5.69 Å². The molecule has 0 unspecified atom stereocenters. The van der Waals surface area contributed by atoms with Crippen molar-refractivity contribution < 1.29 is 13.2 Å². The second-order valence-electron chi connectivity index (χ2n) is 6.03. The molecule has 0 saturated heterocycles. The Hall–Kier alpha value is -2.32. The molecule has 1 aliphatic rings. The molecular weight excluding hydrogens is 340 g/mol. The molecule has 2 N–H and O–H groups in total. The number of carbonyl (C=O) groups excluding carboxylic acids is 1. The molecule has 2 aromatic rings. The van der Waals surface area contributed by atoms with E-state index in [1.54, 1.807) is 12.1 Å². The lowest BCUT2D eigenvalue weighted by atomic mass is 9.96. The highest BCUT2D eigenvalue weighted by Gasteiger charge is 2.21. The summed E-state index contributed by atoms with van der Waals surface area (Å²) < 4.78 is 27.6. The van der Waals surface area contributed by atoms with E-state index in [1.807, 2.05) is 0 Å². The monoisotopic (exact) mass is 360 g/mol. The number of hydrogen-bond donors (Lipinski definition) is 2. The van der Waals surface area contributed by atoms with Crippen LogP contribution in [0.25, 0.3) is 0 Å². The minimum atomic E-state index is -3.54. The molecule has 1 saturated carbocycles. The van der Waals surface area contributed by atoms with Crippen molar-refractivity contribution in [1.82, 2.24) is 14.7 Å². The average Bonchev–Trinajstić information content (AvgIpc) is 2.63. The van der Waals surface area contributed by atoms with Gasteiger partial charge in [0.25, 0.3) is 5.91 Å². The second kappa shape index (κ2) is 7.71. The fourth-order valence-electron chi connectivity index (χ4n) is 2.84. The molecule has 0 radical (unpaired) electrons. The first-order chi connectivity index (χ1) is 12.0. The number of nitrogens with one attached hydrogen (secondary N) is 2. The Morgan fingerprint density at radius 3 is 2.40 bits per heavy atom. The number of benzene rings is 1. The highest BCUT2D eigenvalue weighted by atomic mass is 32.2. The van der Waals surface area contributed by atoms with E-state index >= 15 is 0 Å². The quantitative estimate of drug-likeness (QED) is 0.852. The van der Waals surface area contributed by atoms with Crippen LogP contribution in [0.15, 0.2) is 47.8 Å². The molecule has 0 spiro atoms. The minimum Gasteiger partial charge on any atom is -0.321 e. The van der Waals surface area contributed by atoms with Gasteiger partial charge in [0.15, 0.2) is 0 Å². The predicted molar refractivity (Wildman–Crippen MR) is 93.6 cm³/mol. The predicted octanol–water partition coefficient (Wildman–Crippen LogP) is 2.34. The van der Waals surface area contributed by atoms with E-state index < -0.39 is 15.9 Å². The van der Waals surface area contributed by atoms with Gasteiger partial charge in [-0.15, -0.1) is 0 Å². The lowest BCUT2D eigenvalue weighted by molar-refractivity contribution is 0.102. The van der Waals surface area contributed by atoms with Crippen LogP contribution in [0.4, 0.5) is 5.69 Å². The van der Waals surface area contributed by atoms with Crippen LogP contribution in [0.3, 0.4) is 0 Å². The maximum Gasteiger partial charge on any atom is 0.275 e. The summed E-state index contributed by atoms with van der Waals surface area (Å²) in [5.41, 5.74) is 0.686. The zero-order chi connectivity index (χ0) is 17.7. The van der Waals surface area contributed by atoms with Gasteiger partial charge in [0.05, 0.1) is 11.1 Å². The number of anilines is 1. The Bertz CT molecular complexity index is 817. The Morgan fingerprint density at radius 2 is 1.76 bits per heavy atom. The summed E-state index contributed by atoms with van der Waals surface area (Å²) in [6, 6.07) is 6.09. The van der Waals surface area contributed by atoms with Crippen molar-refractivity contribution in [3.8, 4) is 0 Å². The number of rotatable bonds is 5. The van der Waals surface area contributed by atoms with Crippen LogP contribution in [0.2, 0.25) is 0 Å². The maximum atomic E-state index is 12.4. The lowest BCUT2D eigenvalue weighted by Gasteiger charge is -2.22. The molecule has 1 amide bonds. The van der Waals surface area contributed by atoms with E-state index in [4.69, 9.17) is 0 Å². The third-order valence-corrected chi connectivity index (χ3v) is 5.68. The summed E-state index contributed by atoms with van der Waals surface area (Å²) in [6.45, 7) is 0. The van der Waals surface area contributed by atoms with Crippen LogP contribution in [0.5, 0.6) is 0 Å². The highest BCUT2D eigenvalue weighted by Crippen LogP contribution is 2.21. The molecular formula is C17H20N4O3S. The first-order valence-electron chi connectivity index (χ1n) is 8.24. The van der Waals surface area contributed by atoms with Crippen molar-refractivity contribution in [3.63, 3.8) is 0 Å². The lowest BCUT2D eigenvalue weighted by Crippen LogP contribution is -2.36. The first-order valence-corrected chi connectivity index (χ1v) is 9.73. The van der Waals surface area contributed by atoms with Crippen LogP contribution in [-0.2, 0) is 10.0 Å². The van der Waals surface area contributed by atoms with Gasteiger partial charge >= 0.3 is 0 Å². The molecule has 132 valence electrons. The zero-order valence-electron chi connectivity index (χ0n) is 13.7. The SMILES string of the molecule is O=C(Nc1ccc(S(=O)(=O)NC2CCCCC2)cc1)c1cnccn1. The third-order valence-electron chi connectivity index (χ3n) is 4.15. The first kappa shape index (κ1) is 17.5. The fourth-order valence-corrected chi connectivity index (χ4v) is 4.14. The largest absolute Gasteiger partial charge is 0.321 e. The molecule has 1 heterocycles. The van der Waals surface area contributed by atoms with Crippen LogP contribution < -0.4 is 10.0 Å². The van der Waals surface area contributed by atoms with Crippen molar-refractivity contribution >= 4 is 21.6 Å². The third kappa shape index (κ3) is 4.61. The fraction of sp³-hybridized carbons (Fsp3) is 0.353. The molecule has 8 heteroatoms. The van der Waals surface area contributed by atoms with Gasteiger partial charge in [0, 0.05) is 24.1 Å². The Labute approximate surface area is 146 Å². The molecule has 1 fully saturated rings. The van der Waals surface area contributed by atoms with Gasteiger partial charge in [-0.25, -0.2) is 18.1 Å². The summed E-state index contributed by atoms with van der Waals surface area (Å²) in [7, 11) is -3.54. The molecule has 1 aromatic heterocycles. The van der Waals surface area contributed by atoms with Gasteiger partial charge in [0.2, 0.25) is 10.0 Å². The molecule has 1 aliphatic carbocycles. The van der Waals surface area contributed by atoms with Crippen molar-refractivity contribution in [2.45, 2.75) is 43.0 Å². The standard InChI is InChI=1S/C17H20N4O3S/c22-17(16-12-18-10-11-19-16)20-13-6-8-15(9-7-13)25(23,24)21-14-4-2-1-3-5-14/h6-12,14,21H,1-5H2,(H,20,22). The summed E-state index contributed by atoms with van der Waals surface area (Å²) in [4.78, 5) is 20.0. The number of sulfonamides is 1. The number of hydrogen-bond acceptors (Lipinski definition) is 5. The molecule has 25 heavy (non-hydrogen) atoms. The van der Waals surface area contributed by atoms with Gasteiger partial charge < -0.3 is 5.32 Å².